The number of thiophene rings is 1. The first-order chi connectivity index (χ1) is 60.4. The average Bonchev–Trinajstić information content (AvgIpc) is 1.59. The van der Waals surface area contributed by atoms with E-state index in [2.05, 4.69) is 364 Å². The molecule has 0 aliphatic heterocycles. The van der Waals surface area contributed by atoms with Crippen LogP contribution in [0.3, 0.4) is 0 Å². The zero-order valence-electron chi connectivity index (χ0n) is 65.7. The fourth-order valence-corrected chi connectivity index (χ4v) is 19.1. The maximum absolute atomic E-state index is 6.62. The first kappa shape index (κ1) is 70.2. The molecule has 0 radical (unpaired) electrons. The molecule has 0 unspecified atom stereocenters. The molecule has 0 spiro atoms. The Kier molecular flexibility index (Phi) is 16.7. The van der Waals surface area contributed by atoms with E-state index in [1.54, 1.807) is 11.3 Å². The summed E-state index contributed by atoms with van der Waals surface area (Å²) >= 11 is 1.73. The molecule has 568 valence electrons. The van der Waals surface area contributed by atoms with Gasteiger partial charge in [0.05, 0.1) is 17.1 Å². The van der Waals surface area contributed by atoms with E-state index in [0.717, 1.165) is 143 Å². The van der Waals surface area contributed by atoms with Gasteiger partial charge in [-0.15, -0.1) is 11.3 Å². The fraction of sp³-hybridized carbons (Fsp3) is 0. The van der Waals surface area contributed by atoms with Gasteiger partial charge in [-0.25, -0.2) is 19.9 Å². The Morgan fingerprint density at radius 1 is 0.180 bits per heavy atom. The minimum atomic E-state index is 0.700. The molecule has 0 atom stereocenters. The van der Waals surface area contributed by atoms with Crippen LogP contribution in [0, 0.1) is 0 Å². The highest BCUT2D eigenvalue weighted by atomic mass is 32.1. The van der Waals surface area contributed by atoms with Crippen molar-refractivity contribution in [2.75, 3.05) is 0 Å². The van der Waals surface area contributed by atoms with Crippen LogP contribution < -0.4 is 0 Å². The van der Waals surface area contributed by atoms with Crippen molar-refractivity contribution in [3.05, 3.63) is 413 Å². The molecule has 26 aromatic rings. The number of nitrogens with zero attached hydrogens (tertiary/aromatic N) is 4. The first-order valence-corrected chi connectivity index (χ1v) is 42.0. The molecule has 0 saturated heterocycles. The summed E-state index contributed by atoms with van der Waals surface area (Å²) in [5.41, 5.74) is 20.8. The summed E-state index contributed by atoms with van der Waals surface area (Å²) in [6.07, 6.45) is 0. The number of fused-ring (bicyclic) bond motifs is 22. The molecule has 0 bridgehead atoms. The van der Waals surface area contributed by atoms with Gasteiger partial charge in [-0.3, -0.25) is 0 Å². The van der Waals surface area contributed by atoms with E-state index in [1.807, 2.05) is 48.5 Å². The van der Waals surface area contributed by atoms with Crippen LogP contribution in [0.25, 0.3) is 251 Å². The molecule has 19 aromatic carbocycles. The number of para-hydroxylation sites is 2. The van der Waals surface area contributed by atoms with Crippen molar-refractivity contribution < 1.29 is 13.3 Å². The van der Waals surface area contributed by atoms with Gasteiger partial charge in [0.25, 0.3) is 0 Å². The lowest BCUT2D eigenvalue weighted by molar-refractivity contribution is 0.668. The summed E-state index contributed by atoms with van der Waals surface area (Å²) in [4.78, 5) is 21.7. The molecule has 8 heteroatoms. The van der Waals surface area contributed by atoms with E-state index in [-0.39, 0.29) is 0 Å². The maximum atomic E-state index is 6.62. The molecule has 0 N–H and O–H groups in total. The molecule has 7 nitrogen and oxygen atoms in total. The Labute approximate surface area is 703 Å². The Balaban J connectivity index is 0.000000104. The van der Waals surface area contributed by atoms with Gasteiger partial charge in [0, 0.05) is 86.6 Å². The number of hydrogen-bond donors (Lipinski definition) is 0. The van der Waals surface area contributed by atoms with Crippen molar-refractivity contribution in [2.45, 2.75) is 0 Å². The highest BCUT2D eigenvalue weighted by Gasteiger charge is 2.23. The molecule has 26 rings (SSSR count). The predicted octanol–water partition coefficient (Wildman–Crippen LogP) is 32.1. The molecule has 7 heterocycles. The Bertz CT molecular complexity index is 8710. The van der Waals surface area contributed by atoms with Crippen molar-refractivity contribution in [3.63, 3.8) is 0 Å². The van der Waals surface area contributed by atoms with E-state index >= 15 is 0 Å². The summed E-state index contributed by atoms with van der Waals surface area (Å²) in [7, 11) is 0. The highest BCUT2D eigenvalue weighted by Crippen LogP contribution is 2.46. The van der Waals surface area contributed by atoms with Crippen molar-refractivity contribution in [2.24, 2.45) is 0 Å². The van der Waals surface area contributed by atoms with Crippen molar-refractivity contribution in [1.29, 1.82) is 0 Å². The molecular weight excluding hydrogens is 1510 g/mol. The van der Waals surface area contributed by atoms with Gasteiger partial charge in [0.15, 0.2) is 17.0 Å². The monoisotopic (exact) mass is 1570 g/mol. The second-order valence-electron chi connectivity index (χ2n) is 31.4. The van der Waals surface area contributed by atoms with Gasteiger partial charge in [0.2, 0.25) is 0 Å². The zero-order chi connectivity index (χ0) is 80.3. The smallest absolute Gasteiger partial charge is 0.161 e. The molecule has 0 fully saturated rings. The van der Waals surface area contributed by atoms with Gasteiger partial charge < -0.3 is 13.3 Å². The van der Waals surface area contributed by atoms with E-state index < -0.39 is 0 Å². The molecule has 0 aliphatic carbocycles. The number of aromatic nitrogens is 4. The van der Waals surface area contributed by atoms with Gasteiger partial charge in [-0.1, -0.05) is 334 Å². The van der Waals surface area contributed by atoms with E-state index in [9.17, 15) is 0 Å². The van der Waals surface area contributed by atoms with Gasteiger partial charge >= 0.3 is 0 Å². The maximum Gasteiger partial charge on any atom is 0.161 e. The van der Waals surface area contributed by atoms with Crippen LogP contribution in [0.15, 0.2) is 426 Å². The molecule has 0 aliphatic rings. The molecule has 0 amide bonds. The normalized spacial score (nSPS) is 11.8. The van der Waals surface area contributed by atoms with Crippen LogP contribution in [0.2, 0.25) is 0 Å². The standard InChI is InChI=1S/C41H25NO.C40H22N2OS.C33H21NO/c1-2-9-31-23-33(22-15-26(31)7-1)40-41-37(35-11-5-6-12-39(35)43-41)25-38(42-40)30-19-13-27(14-20-30)32-21-18-29-17-16-28-8-3-4-10-34(28)36(29)24-32;1-2-9-24(10-3-1)37-36-33-20-25-11-4-5-12-26(25)22-35(33)44-40(36)42-39(41-37)27-15-16-30-32-19-18-29-28-13-7-6-8-23(28)14-17-31(29)38(32)43-34(30)21-27;1-2-9-25(10-3-1)32-33-29(28-12-6-7-13-31(28)35-33)21-30(34-32)24-17-14-23(15-18-24)27-19-16-22-8-4-5-11-26(22)20-27/h1-25H;1-22H;1-21H. The number of hydrogen-bond acceptors (Lipinski definition) is 8. The van der Waals surface area contributed by atoms with Crippen LogP contribution in [0.5, 0.6) is 0 Å². The third kappa shape index (κ3) is 12.3. The molecule has 122 heavy (non-hydrogen) atoms. The van der Waals surface area contributed by atoms with E-state index in [4.69, 9.17) is 33.2 Å². The SMILES string of the molecule is c1ccc(-c2nc(-c3ccc(-c4ccc5ccccc5c4)cc3)cc3c2oc2ccccc23)cc1.c1ccc(-c2nc(-c3ccc4c(c3)oc3c4ccc4c5ccccc5ccc43)nc3sc4cc5ccccc5cc4c23)cc1.c1ccc2cc(-c3nc(-c4ccc(-c5ccc6ccc7ccccc7c6c5)cc4)cc4c3oc3ccccc34)ccc2c1. The number of furan rings is 3. The third-order valence-corrected chi connectivity index (χ3v) is 25.2. The van der Waals surface area contributed by atoms with Gasteiger partial charge in [-0.2, -0.15) is 0 Å². The van der Waals surface area contributed by atoms with Crippen LogP contribution in [-0.4, -0.2) is 19.9 Å². The summed E-state index contributed by atoms with van der Waals surface area (Å²) in [5, 5.41) is 26.1. The summed E-state index contributed by atoms with van der Waals surface area (Å²) in [5.74, 6) is 0.700. The Morgan fingerprint density at radius 2 is 0.566 bits per heavy atom. The summed E-state index contributed by atoms with van der Waals surface area (Å²) in [6, 6.07) is 145. The van der Waals surface area contributed by atoms with E-state index in [1.165, 1.54) is 102 Å². The topological polar surface area (TPSA) is 91.0 Å². The second kappa shape index (κ2) is 29.0. The summed E-state index contributed by atoms with van der Waals surface area (Å²) < 4.78 is 20.5. The number of benzene rings is 19. The largest absolute Gasteiger partial charge is 0.455 e. The van der Waals surface area contributed by atoms with E-state index in [0.29, 0.717) is 5.82 Å². The minimum Gasteiger partial charge on any atom is -0.455 e. The van der Waals surface area contributed by atoms with Crippen LogP contribution in [0.1, 0.15) is 0 Å². The van der Waals surface area contributed by atoms with Crippen molar-refractivity contribution >= 4 is 173 Å². The summed E-state index contributed by atoms with van der Waals surface area (Å²) in [6.45, 7) is 0. The Morgan fingerprint density at radius 3 is 1.17 bits per heavy atom. The lowest BCUT2D eigenvalue weighted by Crippen LogP contribution is -1.93. The van der Waals surface area contributed by atoms with Crippen molar-refractivity contribution in [1.82, 2.24) is 19.9 Å². The first-order valence-electron chi connectivity index (χ1n) is 41.2. The quantitative estimate of drug-likeness (QED) is 0.140. The van der Waals surface area contributed by atoms with Gasteiger partial charge in [-0.05, 0) is 171 Å². The zero-order valence-corrected chi connectivity index (χ0v) is 66.5. The lowest BCUT2D eigenvalue weighted by atomic mass is 9.96. The minimum absolute atomic E-state index is 0.700. The fourth-order valence-electron chi connectivity index (χ4n) is 18.0. The van der Waals surface area contributed by atoms with Crippen molar-refractivity contribution in [3.8, 4) is 89.9 Å². The lowest BCUT2D eigenvalue weighted by Gasteiger charge is -2.10. The highest BCUT2D eigenvalue weighted by molar-refractivity contribution is 7.25. The number of pyridine rings is 2. The average molecular weight is 1570 g/mol. The second-order valence-corrected chi connectivity index (χ2v) is 32.4. The van der Waals surface area contributed by atoms with Gasteiger partial charge in [0.1, 0.15) is 38.6 Å². The molecule has 0 saturated carbocycles. The van der Waals surface area contributed by atoms with Crippen LogP contribution in [0.4, 0.5) is 0 Å². The predicted molar refractivity (Wildman–Crippen MR) is 511 cm³/mol. The number of rotatable bonds is 8. The van der Waals surface area contributed by atoms with Crippen LogP contribution >= 0.6 is 11.3 Å². The molecule has 7 aromatic heterocycles. The Hall–Kier alpha value is -16.0. The molecular formula is C114H68N4O3S. The third-order valence-electron chi connectivity index (χ3n) is 24.2. The van der Waals surface area contributed by atoms with Crippen LogP contribution in [-0.2, 0) is 0 Å².